The Bertz CT molecular complexity index is 776. The Kier molecular flexibility index (Phi) is 3.74. The lowest BCUT2D eigenvalue weighted by Crippen LogP contribution is -2.41. The Morgan fingerprint density at radius 3 is 2.41 bits per heavy atom. The molecule has 2 amide bonds. The largest absolute Gasteiger partial charge is 0.357 e. The minimum absolute atomic E-state index is 0.376. The lowest BCUT2D eigenvalue weighted by molar-refractivity contribution is 0.0844. The van der Waals surface area contributed by atoms with Gasteiger partial charge in [-0.2, -0.15) is 0 Å². The molecule has 0 radical (unpaired) electrons. The van der Waals surface area contributed by atoms with Crippen LogP contribution in [0.25, 0.3) is 5.69 Å². The van der Waals surface area contributed by atoms with Crippen molar-refractivity contribution in [1.82, 2.24) is 20.4 Å². The third kappa shape index (κ3) is 2.90. The van der Waals surface area contributed by atoms with E-state index in [1.165, 1.54) is 0 Å². The first-order valence-corrected chi connectivity index (χ1v) is 6.71. The van der Waals surface area contributed by atoms with Crippen molar-refractivity contribution in [2.75, 3.05) is 0 Å². The topological polar surface area (TPSA) is 78.9 Å². The summed E-state index contributed by atoms with van der Waals surface area (Å²) in [4.78, 5) is 26.6. The number of carbonyl (C=O) groups excluding carboxylic acids is 2. The van der Waals surface area contributed by atoms with Crippen LogP contribution in [0, 0.1) is 0 Å². The summed E-state index contributed by atoms with van der Waals surface area (Å²) >= 11 is 0. The van der Waals surface area contributed by atoms with Gasteiger partial charge in [0.25, 0.3) is 11.8 Å². The first-order valence-electron chi connectivity index (χ1n) is 6.71. The fraction of sp³-hybridized carbons (Fsp3) is 0. The van der Waals surface area contributed by atoms with Gasteiger partial charge in [0.15, 0.2) is 0 Å². The summed E-state index contributed by atoms with van der Waals surface area (Å²) in [5, 5.41) is 0. The summed E-state index contributed by atoms with van der Waals surface area (Å²) in [7, 11) is 0. The van der Waals surface area contributed by atoms with Crippen LogP contribution in [0.4, 0.5) is 0 Å². The average molecular weight is 294 g/mol. The zero-order chi connectivity index (χ0) is 15.4. The van der Waals surface area contributed by atoms with Crippen LogP contribution < -0.4 is 10.9 Å². The molecule has 0 saturated carbocycles. The molecule has 0 bridgehead atoms. The number of nitrogens with one attached hydrogen (secondary N) is 3. The summed E-state index contributed by atoms with van der Waals surface area (Å²) in [6.45, 7) is 0. The van der Waals surface area contributed by atoms with Crippen molar-refractivity contribution in [3.05, 3.63) is 78.4 Å². The maximum atomic E-state index is 12.1. The average Bonchev–Trinajstić information content (AvgIpc) is 3.25. The van der Waals surface area contributed by atoms with E-state index in [1.807, 2.05) is 35.2 Å². The van der Waals surface area contributed by atoms with Gasteiger partial charge < -0.3 is 9.55 Å². The molecular weight excluding hydrogens is 280 g/mol. The van der Waals surface area contributed by atoms with Crippen molar-refractivity contribution >= 4 is 11.8 Å². The maximum absolute atomic E-state index is 12.1. The molecule has 0 unspecified atom stereocenters. The molecule has 3 aromatic rings. The molecule has 0 aliphatic rings. The third-order valence-electron chi connectivity index (χ3n) is 3.14. The van der Waals surface area contributed by atoms with Gasteiger partial charge in [-0.1, -0.05) is 6.07 Å². The van der Waals surface area contributed by atoms with Gasteiger partial charge in [-0.3, -0.25) is 20.4 Å². The van der Waals surface area contributed by atoms with Gasteiger partial charge in [-0.05, 0) is 42.5 Å². The summed E-state index contributed by atoms with van der Waals surface area (Å²) < 4.78 is 1.90. The highest BCUT2D eigenvalue weighted by Gasteiger charge is 2.10. The van der Waals surface area contributed by atoms with Crippen LogP contribution in [0.1, 0.15) is 20.8 Å². The maximum Gasteiger partial charge on any atom is 0.286 e. The number of nitrogens with zero attached hydrogens (tertiary/aromatic N) is 1. The summed E-state index contributed by atoms with van der Waals surface area (Å²) in [5.74, 6) is -0.783. The lowest BCUT2D eigenvalue weighted by atomic mass is 10.2. The molecule has 0 saturated heterocycles. The molecule has 6 nitrogen and oxygen atoms in total. The van der Waals surface area contributed by atoms with E-state index in [9.17, 15) is 9.59 Å². The number of amides is 2. The van der Waals surface area contributed by atoms with Gasteiger partial charge in [-0.25, -0.2) is 0 Å². The van der Waals surface area contributed by atoms with E-state index in [0.29, 0.717) is 11.3 Å². The van der Waals surface area contributed by atoms with Crippen molar-refractivity contribution in [2.24, 2.45) is 0 Å². The predicted molar refractivity (Wildman–Crippen MR) is 81.5 cm³/mol. The number of hydrazine groups is 1. The van der Waals surface area contributed by atoms with Crippen molar-refractivity contribution in [3.8, 4) is 5.69 Å². The first-order chi connectivity index (χ1) is 10.7. The van der Waals surface area contributed by atoms with Gasteiger partial charge in [0, 0.05) is 29.8 Å². The standard InChI is InChI=1S/C16H14N4O2/c21-15(18-19-16(22)14-7-4-8-17-14)12-5-3-6-13(11-12)20-9-1-2-10-20/h1-11,17H,(H,18,21)(H,19,22). The number of aromatic nitrogens is 2. The zero-order valence-electron chi connectivity index (χ0n) is 11.6. The van der Waals surface area contributed by atoms with Crippen molar-refractivity contribution < 1.29 is 9.59 Å². The van der Waals surface area contributed by atoms with Gasteiger partial charge in [-0.15, -0.1) is 0 Å². The molecule has 0 spiro atoms. The van der Waals surface area contributed by atoms with Crippen LogP contribution in [0.15, 0.2) is 67.1 Å². The van der Waals surface area contributed by atoms with Gasteiger partial charge in [0.05, 0.1) is 0 Å². The minimum atomic E-state index is -0.403. The molecule has 3 rings (SSSR count). The number of hydrogen-bond acceptors (Lipinski definition) is 2. The fourth-order valence-corrected chi connectivity index (χ4v) is 2.04. The molecule has 0 fully saturated rings. The van der Waals surface area contributed by atoms with E-state index < -0.39 is 5.91 Å². The van der Waals surface area contributed by atoms with Crippen LogP contribution in [-0.2, 0) is 0 Å². The van der Waals surface area contributed by atoms with Crippen LogP contribution in [0.3, 0.4) is 0 Å². The number of H-pyrrole nitrogens is 1. The van der Waals surface area contributed by atoms with E-state index in [0.717, 1.165) is 5.69 Å². The molecule has 2 aromatic heterocycles. The number of rotatable bonds is 3. The summed E-state index contributed by atoms with van der Waals surface area (Å²) in [6.07, 6.45) is 5.42. The first kappa shape index (κ1) is 13.7. The molecule has 2 heterocycles. The second kappa shape index (κ2) is 6.01. The zero-order valence-corrected chi connectivity index (χ0v) is 11.6. The lowest BCUT2D eigenvalue weighted by Gasteiger charge is -2.08. The molecule has 3 N–H and O–H groups in total. The third-order valence-corrected chi connectivity index (χ3v) is 3.14. The van der Waals surface area contributed by atoms with Gasteiger partial charge in [0.1, 0.15) is 5.69 Å². The molecule has 22 heavy (non-hydrogen) atoms. The molecule has 6 heteroatoms. The monoisotopic (exact) mass is 294 g/mol. The number of carbonyl (C=O) groups is 2. The van der Waals surface area contributed by atoms with E-state index in [4.69, 9.17) is 0 Å². The summed E-state index contributed by atoms with van der Waals surface area (Å²) in [6, 6.07) is 14.3. The number of hydrogen-bond donors (Lipinski definition) is 3. The smallest absolute Gasteiger partial charge is 0.286 e. The predicted octanol–water partition coefficient (Wildman–Crippen LogP) is 1.88. The Morgan fingerprint density at radius 2 is 1.68 bits per heavy atom. The second-order valence-corrected chi connectivity index (χ2v) is 4.63. The van der Waals surface area contributed by atoms with Crippen LogP contribution in [0.5, 0.6) is 0 Å². The molecule has 0 aliphatic heterocycles. The van der Waals surface area contributed by atoms with Crippen molar-refractivity contribution in [3.63, 3.8) is 0 Å². The Labute approximate surface area is 126 Å². The van der Waals surface area contributed by atoms with Crippen LogP contribution in [-0.4, -0.2) is 21.4 Å². The van der Waals surface area contributed by atoms with Crippen molar-refractivity contribution in [2.45, 2.75) is 0 Å². The van der Waals surface area contributed by atoms with E-state index in [-0.39, 0.29) is 5.91 Å². The minimum Gasteiger partial charge on any atom is -0.357 e. The molecule has 0 atom stereocenters. The van der Waals surface area contributed by atoms with E-state index in [2.05, 4.69) is 15.8 Å². The van der Waals surface area contributed by atoms with E-state index >= 15 is 0 Å². The quantitative estimate of drug-likeness (QED) is 0.645. The number of benzene rings is 1. The highest BCUT2D eigenvalue weighted by atomic mass is 16.2. The SMILES string of the molecule is O=C(NNC(=O)c1ccc[nH]1)c1cccc(-n2cccc2)c1. The Morgan fingerprint density at radius 1 is 0.909 bits per heavy atom. The van der Waals surface area contributed by atoms with Crippen LogP contribution in [0.2, 0.25) is 0 Å². The normalized spacial score (nSPS) is 10.2. The molecule has 0 aliphatic carbocycles. The molecule has 110 valence electrons. The Balaban J connectivity index is 1.68. The highest BCUT2D eigenvalue weighted by molar-refractivity contribution is 5.98. The fourth-order valence-electron chi connectivity index (χ4n) is 2.04. The molecular formula is C16H14N4O2. The van der Waals surface area contributed by atoms with Gasteiger partial charge >= 0.3 is 0 Å². The van der Waals surface area contributed by atoms with Gasteiger partial charge in [0.2, 0.25) is 0 Å². The second-order valence-electron chi connectivity index (χ2n) is 4.63. The van der Waals surface area contributed by atoms with E-state index in [1.54, 1.807) is 36.5 Å². The van der Waals surface area contributed by atoms with Crippen molar-refractivity contribution in [1.29, 1.82) is 0 Å². The summed E-state index contributed by atoms with van der Waals surface area (Å²) in [5.41, 5.74) is 6.45. The molecule has 1 aromatic carbocycles. The number of aromatic amines is 1. The Hall–Kier alpha value is -3.28. The van der Waals surface area contributed by atoms with Crippen LogP contribution >= 0.6 is 0 Å². The highest BCUT2D eigenvalue weighted by Crippen LogP contribution is 2.10.